The topological polar surface area (TPSA) is 562 Å². The molecule has 8 rings (SSSR count). The maximum absolute atomic E-state index is 12.7. The van der Waals surface area contributed by atoms with Crippen LogP contribution in [0.25, 0.3) is 0 Å². The van der Waals surface area contributed by atoms with Gasteiger partial charge in [-0.2, -0.15) is 111 Å². The van der Waals surface area contributed by atoms with Gasteiger partial charge in [0.05, 0.1) is 68.6 Å². The number of rotatable bonds is 13. The van der Waals surface area contributed by atoms with E-state index in [9.17, 15) is 200 Å². The molecule has 0 aliphatic rings. The molecule has 3 amide bonds. The second-order valence-corrected chi connectivity index (χ2v) is 24.6. The Morgan fingerprint density at radius 2 is 0.612 bits per heavy atom. The van der Waals surface area contributed by atoms with E-state index in [0.717, 1.165) is 61.9 Å². The van der Waals surface area contributed by atoms with Gasteiger partial charge in [-0.05, 0) is 99.5 Å². The summed E-state index contributed by atoms with van der Waals surface area (Å²) in [5.41, 5.74) is -4.75. The minimum absolute atomic E-state index is 0.0968. The van der Waals surface area contributed by atoms with E-state index in [-0.39, 0.29) is 64.7 Å². The van der Waals surface area contributed by atoms with E-state index in [4.69, 9.17) is 32.7 Å². The highest BCUT2D eigenvalue weighted by molar-refractivity contribution is 6.01. The summed E-state index contributed by atoms with van der Waals surface area (Å²) in [4.78, 5) is 134. The van der Waals surface area contributed by atoms with Gasteiger partial charge in [0.25, 0.3) is 34.1 Å². The molecule has 0 fully saturated rings. The third-order valence-corrected chi connectivity index (χ3v) is 15.0. The lowest BCUT2D eigenvalue weighted by atomic mass is 10.1. The van der Waals surface area contributed by atoms with Crippen molar-refractivity contribution in [1.82, 2.24) is 0 Å². The molecule has 0 aliphatic carbocycles. The van der Waals surface area contributed by atoms with Crippen LogP contribution in [0.5, 0.6) is 0 Å². The number of hydrogen-bond acceptors (Lipinski definition) is 24. The number of nitro benzene ring substituents is 6. The number of carbonyl (C=O) groups is 7. The van der Waals surface area contributed by atoms with Crippen molar-refractivity contribution in [2.24, 2.45) is 0 Å². The lowest BCUT2D eigenvalue weighted by Crippen LogP contribution is -2.15. The second kappa shape index (κ2) is 44.3. The van der Waals surface area contributed by atoms with E-state index in [1.54, 1.807) is 13.8 Å². The number of aryl methyl sites for hydroxylation is 4. The summed E-state index contributed by atoms with van der Waals surface area (Å²) in [6, 6.07) is 14.5. The average Bonchev–Trinajstić information content (AvgIpc) is 0.788. The second-order valence-electron chi connectivity index (χ2n) is 24.6. The summed E-state index contributed by atoms with van der Waals surface area (Å²) in [6.07, 6.45) is -37.8. The van der Waals surface area contributed by atoms with Crippen molar-refractivity contribution in [3.05, 3.63) is 271 Å². The minimum atomic E-state index is -5.06. The van der Waals surface area contributed by atoms with Crippen LogP contribution < -0.4 is 33.2 Å². The summed E-state index contributed by atoms with van der Waals surface area (Å²) in [5.74, 6) is -6.60. The van der Waals surface area contributed by atoms with Gasteiger partial charge in [-0.15, -0.1) is 0 Å². The van der Waals surface area contributed by atoms with E-state index in [1.807, 2.05) is 5.32 Å². The predicted molar refractivity (Wildman–Crippen MR) is 394 cm³/mol. The molecule has 35 nitrogen and oxygen atoms in total. The first-order chi connectivity index (χ1) is 58.4. The summed E-state index contributed by atoms with van der Waals surface area (Å²) >= 11 is 0. The lowest BCUT2D eigenvalue weighted by molar-refractivity contribution is -0.388. The Labute approximate surface area is 699 Å². The number of amides is 3. The van der Waals surface area contributed by atoms with Crippen molar-refractivity contribution in [3.63, 3.8) is 0 Å². The summed E-state index contributed by atoms with van der Waals surface area (Å²) in [6.45, 7) is 9.48. The normalized spacial score (nSPS) is 11.2. The summed E-state index contributed by atoms with van der Waals surface area (Å²) < 4.78 is 297. The van der Waals surface area contributed by atoms with E-state index in [1.165, 1.54) is 39.0 Å². The number of aldehydes is 1. The van der Waals surface area contributed by atoms with Gasteiger partial charge in [-0.3, -0.25) is 84.8 Å². The molecule has 12 N–H and O–H groups in total. The highest BCUT2D eigenvalue weighted by Crippen LogP contribution is 2.45. The Morgan fingerprint density at radius 1 is 0.333 bits per heavy atom. The standard InChI is InChI=1S/C10H7F3N2O5.C10H9F3N2O3.C10H10F3NO.C8H5F3N2O5.C8H5F3N2O4.C8H5F3N2O3.C8H6F3NO2.C8H7F3/c1-4(16)14-7-3-6(10(11,12)13)8(15(19)20)2-5(7)9(17)18;1-5-3-9(15(17)18)7(10(11,12)13)4-8(5)14-6(2)16;1-6-3-4-8(10(11,12)13)5-9(6)14-7(2)15;9-8(10,11)4-2-5(12)3(7(14)18-17)1-6(4)13(15)16;9-8(10,11)4-2-5(12)3(7(14)15)1-6(4)13(16)17;9-8(10,11)5-2-6(12)4(3-14)1-7(5)13(15)16;1-5-2-3-6(8(9,10)11)4-7(5)12(13)14;1-6-2-4-7(5-3-6)8(9,10)11/h2-3H,1H3,(H,14,16)(H,17,18);3-4H,1-2H3,(H,14,16);3-5H,1-2H3,(H,14,15);1-2,17H,12H2;1-2H,12H2,(H,14,15);1-3H,12H2;2-4H,1H3;2-5H,1H3. The van der Waals surface area contributed by atoms with E-state index in [0.29, 0.717) is 35.9 Å². The number of nitrogens with two attached hydrogens (primary N) is 3. The largest absolute Gasteiger partial charge is 0.478 e. The molecule has 129 heavy (non-hydrogen) atoms. The Balaban J connectivity index is 0.000000740. The molecule has 0 aliphatic heterocycles. The van der Waals surface area contributed by atoms with Gasteiger partial charge in [0.1, 0.15) is 27.8 Å². The van der Waals surface area contributed by atoms with Crippen molar-refractivity contribution in [2.45, 2.75) is 97.9 Å². The number of carbonyl (C=O) groups excluding carboxylic acids is 5. The predicted octanol–water partition coefficient (Wildman–Crippen LogP) is 19.8. The Hall–Kier alpha value is -15.7. The van der Waals surface area contributed by atoms with E-state index >= 15 is 0 Å². The van der Waals surface area contributed by atoms with Crippen LogP contribution in [0.2, 0.25) is 0 Å². The molecule has 0 atom stereocenters. The highest BCUT2D eigenvalue weighted by atomic mass is 19.4. The number of carboxylic acid groups (broad SMARTS) is 2. The van der Waals surface area contributed by atoms with E-state index in [2.05, 4.69) is 15.5 Å². The number of nitrogens with zero attached hydrogens (tertiary/aromatic N) is 6. The van der Waals surface area contributed by atoms with Crippen LogP contribution in [0, 0.1) is 88.4 Å². The molecule has 0 saturated carbocycles. The molecule has 700 valence electrons. The zero-order valence-corrected chi connectivity index (χ0v) is 64.6. The first kappa shape index (κ1) is 111. The number of halogens is 24. The van der Waals surface area contributed by atoms with Crippen molar-refractivity contribution < 1.29 is 189 Å². The van der Waals surface area contributed by atoms with Gasteiger partial charge >= 0.3 is 67.3 Å². The molecule has 0 saturated heterocycles. The number of benzene rings is 8. The minimum Gasteiger partial charge on any atom is -0.478 e. The first-order valence-corrected chi connectivity index (χ1v) is 32.8. The van der Waals surface area contributed by atoms with Gasteiger partial charge in [-0.1, -0.05) is 29.8 Å². The number of nitrogen functional groups attached to an aromatic ring is 3. The fourth-order valence-electron chi connectivity index (χ4n) is 9.16. The number of nitro groups is 6. The monoisotopic (exact) mass is 1890 g/mol. The number of nitrogens with one attached hydrogen (secondary N) is 3. The third-order valence-electron chi connectivity index (χ3n) is 15.0. The first-order valence-electron chi connectivity index (χ1n) is 32.8. The third kappa shape index (κ3) is 34.1. The van der Waals surface area contributed by atoms with Crippen LogP contribution in [-0.2, 0) is 68.7 Å². The van der Waals surface area contributed by atoms with Crippen LogP contribution in [0.4, 0.5) is 174 Å². The number of carboxylic acids is 2. The molecule has 59 heteroatoms. The SMILES string of the molecule is CC(=O)Nc1cc(C(F)(F)F)c([N+](=O)[O-])cc1C.CC(=O)Nc1cc(C(F)(F)F)c([N+](=O)[O-])cc1C(=O)O.CC(=O)Nc1cc(C(F)(F)F)ccc1C.Cc1ccc(C(F)(F)F)cc1.Cc1ccc(C(F)(F)F)cc1[N+](=O)[O-].Nc1cc(C(F)(F)F)c([N+](=O)[O-])cc1C(=O)O.Nc1cc(C(F)(F)F)c([N+](=O)[O-])cc1C(=O)OO.Nc1cc(C(F)(F)F)c([N+](=O)[O-])cc1C=O. The molecule has 8 aromatic rings. The molecule has 8 aromatic carbocycles. The number of aromatic carboxylic acids is 2. The quantitative estimate of drug-likeness (QED) is 0.0129. The molecule has 0 spiro atoms. The molecule has 0 bridgehead atoms. The molecular formula is C70H54F24N12O23. The Bertz CT molecular complexity index is 5580. The zero-order chi connectivity index (χ0) is 101. The fourth-order valence-corrected chi connectivity index (χ4v) is 9.16. The molecule has 0 radical (unpaired) electrons. The number of hydrogen-bond donors (Lipinski definition) is 9. The maximum atomic E-state index is 12.7. The van der Waals surface area contributed by atoms with Crippen molar-refractivity contribution in [3.8, 4) is 0 Å². The van der Waals surface area contributed by atoms with Crippen LogP contribution in [0.1, 0.15) is 129 Å². The maximum Gasteiger partial charge on any atom is 0.423 e. The van der Waals surface area contributed by atoms with Crippen molar-refractivity contribution in [1.29, 1.82) is 0 Å². The molecule has 0 heterocycles. The molecule has 0 aromatic heterocycles. The number of alkyl halides is 24. The smallest absolute Gasteiger partial charge is 0.423 e. The number of anilines is 6. The Morgan fingerprint density at radius 3 is 0.938 bits per heavy atom. The fraction of sp³-hybridized carbons (Fsp3) is 0.214. The van der Waals surface area contributed by atoms with Gasteiger partial charge in [-0.25, -0.2) is 14.4 Å². The molecule has 0 unspecified atom stereocenters. The van der Waals surface area contributed by atoms with Gasteiger partial charge < -0.3 is 43.4 Å². The van der Waals surface area contributed by atoms with Crippen LogP contribution in [0.15, 0.2) is 121 Å². The Kier molecular flexibility index (Phi) is 38.2. The molecular weight excluding hydrogens is 1830 g/mol. The van der Waals surface area contributed by atoms with Gasteiger partial charge in [0.2, 0.25) is 17.7 Å². The summed E-state index contributed by atoms with van der Waals surface area (Å²) in [7, 11) is 0. The lowest BCUT2D eigenvalue weighted by Gasteiger charge is -2.12. The van der Waals surface area contributed by atoms with Crippen LogP contribution in [0.3, 0.4) is 0 Å². The van der Waals surface area contributed by atoms with Crippen molar-refractivity contribution in [2.75, 3.05) is 33.2 Å². The van der Waals surface area contributed by atoms with Crippen LogP contribution >= 0.6 is 0 Å². The summed E-state index contributed by atoms with van der Waals surface area (Å²) in [5, 5.41) is 94.7. The zero-order valence-electron chi connectivity index (χ0n) is 64.6. The van der Waals surface area contributed by atoms with Gasteiger partial charge in [0, 0.05) is 96.7 Å². The van der Waals surface area contributed by atoms with Crippen molar-refractivity contribution >= 4 is 110 Å². The van der Waals surface area contributed by atoms with Gasteiger partial charge in [0.15, 0.2) is 6.29 Å². The average molecular weight is 1890 g/mol. The van der Waals surface area contributed by atoms with Crippen LogP contribution in [-0.4, -0.2) is 86.9 Å². The highest BCUT2D eigenvalue weighted by Gasteiger charge is 2.45. The van der Waals surface area contributed by atoms with E-state index < -0.39 is 233 Å².